The Balaban J connectivity index is 1.55. The summed E-state index contributed by atoms with van der Waals surface area (Å²) in [4.78, 5) is 15.2. The van der Waals surface area contributed by atoms with Crippen LogP contribution in [-0.4, -0.2) is 30.8 Å². The topological polar surface area (TPSA) is 56.9 Å². The summed E-state index contributed by atoms with van der Waals surface area (Å²) in [5.74, 6) is -0.158. The van der Waals surface area contributed by atoms with Crippen LogP contribution >= 0.6 is 0 Å². The van der Waals surface area contributed by atoms with Crippen LogP contribution in [0.1, 0.15) is 84.0 Å². The van der Waals surface area contributed by atoms with E-state index in [9.17, 15) is 9.90 Å². The van der Waals surface area contributed by atoms with Crippen LogP contribution < -0.4 is 9.80 Å². The number of likely N-dealkylation sites (N-methyl/N-ethyl adjacent to an activating group) is 1. The zero-order valence-corrected chi connectivity index (χ0v) is 16.6. The maximum atomic E-state index is 11.6. The van der Waals surface area contributed by atoms with Gasteiger partial charge in [0.05, 0.1) is 6.26 Å². The highest BCUT2D eigenvalue weighted by Gasteiger charge is 2.40. The first-order valence-corrected chi connectivity index (χ1v) is 10.5. The molecule has 0 aromatic carbocycles. The Morgan fingerprint density at radius 1 is 1.00 bits per heavy atom. The smallest absolute Gasteiger partial charge is 0.347 e. The van der Waals surface area contributed by atoms with Crippen LogP contribution in [0.4, 0.5) is 11.6 Å². The number of rotatable bonds is 14. The zero-order valence-electron chi connectivity index (χ0n) is 16.6. The van der Waals surface area contributed by atoms with Crippen molar-refractivity contribution in [3.63, 3.8) is 0 Å². The molecule has 0 aliphatic carbocycles. The Labute approximate surface area is 158 Å². The molecule has 0 amide bonds. The van der Waals surface area contributed by atoms with Crippen LogP contribution in [0.5, 0.6) is 0 Å². The first-order valence-electron chi connectivity index (χ1n) is 10.5. The van der Waals surface area contributed by atoms with Gasteiger partial charge in [-0.25, -0.2) is 4.79 Å². The molecular formula is C21H36N2O3. The molecule has 1 aromatic rings. The van der Waals surface area contributed by atoms with Crippen LogP contribution in [0.2, 0.25) is 0 Å². The van der Waals surface area contributed by atoms with E-state index in [1.165, 1.54) is 64.2 Å². The van der Waals surface area contributed by atoms with E-state index in [1.807, 2.05) is 11.0 Å². The van der Waals surface area contributed by atoms with Gasteiger partial charge in [0.15, 0.2) is 0 Å². The summed E-state index contributed by atoms with van der Waals surface area (Å²) in [6.45, 7) is 3.03. The zero-order chi connectivity index (χ0) is 18.8. The predicted octanol–water partition coefficient (Wildman–Crippen LogP) is 5.65. The fraction of sp³-hybridized carbons (Fsp3) is 0.762. The highest BCUT2D eigenvalue weighted by molar-refractivity contribution is 5.88. The van der Waals surface area contributed by atoms with Crippen molar-refractivity contribution >= 4 is 17.5 Å². The van der Waals surface area contributed by atoms with E-state index in [0.717, 1.165) is 25.1 Å². The number of carboxylic acids is 1. The predicted molar refractivity (Wildman–Crippen MR) is 107 cm³/mol. The van der Waals surface area contributed by atoms with Crippen molar-refractivity contribution in [3.8, 4) is 0 Å². The third-order valence-corrected chi connectivity index (χ3v) is 5.39. The third kappa shape index (κ3) is 5.68. The van der Waals surface area contributed by atoms with Crippen molar-refractivity contribution in [2.24, 2.45) is 0 Å². The number of carbonyl (C=O) groups is 1. The largest absolute Gasteiger partial charge is 0.478 e. The normalized spacial score (nSPS) is 16.3. The number of nitrogens with zero attached hydrogens (tertiary/aromatic N) is 2. The average Bonchev–Trinajstić information content (AvgIpc) is 3.19. The lowest BCUT2D eigenvalue weighted by atomic mass is 10.1. The minimum atomic E-state index is -0.821. The van der Waals surface area contributed by atoms with Crippen LogP contribution in [0.3, 0.4) is 0 Å². The quantitative estimate of drug-likeness (QED) is 0.432. The molecule has 0 saturated heterocycles. The van der Waals surface area contributed by atoms with E-state index < -0.39 is 12.1 Å². The van der Waals surface area contributed by atoms with Crippen molar-refractivity contribution in [2.45, 2.75) is 90.1 Å². The fourth-order valence-electron chi connectivity index (χ4n) is 3.89. The third-order valence-electron chi connectivity index (χ3n) is 5.39. The van der Waals surface area contributed by atoms with Gasteiger partial charge in [0.2, 0.25) is 12.0 Å². The molecule has 5 nitrogen and oxygen atoms in total. The lowest BCUT2D eigenvalue weighted by Crippen LogP contribution is -2.47. The van der Waals surface area contributed by atoms with Gasteiger partial charge in [0.25, 0.3) is 0 Å². The van der Waals surface area contributed by atoms with Gasteiger partial charge in [-0.3, -0.25) is 0 Å². The Bertz CT molecular complexity index is 529. The minimum absolute atomic E-state index is 0.641. The van der Waals surface area contributed by atoms with Crippen LogP contribution in [-0.2, 0) is 4.79 Å². The Hall–Kier alpha value is -1.65. The van der Waals surface area contributed by atoms with E-state index in [2.05, 4.69) is 6.92 Å². The second-order valence-electron chi connectivity index (χ2n) is 7.52. The highest BCUT2D eigenvalue weighted by Crippen LogP contribution is 2.39. The van der Waals surface area contributed by atoms with E-state index in [1.54, 1.807) is 18.2 Å². The lowest BCUT2D eigenvalue weighted by Gasteiger charge is -2.26. The van der Waals surface area contributed by atoms with E-state index in [4.69, 9.17) is 4.42 Å². The molecule has 0 spiro atoms. The number of unbranched alkanes of at least 4 members (excludes halogenated alkanes) is 11. The Kier molecular flexibility index (Phi) is 8.86. The molecule has 5 heteroatoms. The van der Waals surface area contributed by atoms with E-state index in [0.29, 0.717) is 5.88 Å². The molecule has 0 saturated carbocycles. The number of anilines is 2. The Morgan fingerprint density at radius 3 is 2.08 bits per heavy atom. The van der Waals surface area contributed by atoms with Gasteiger partial charge in [-0.15, -0.1) is 0 Å². The summed E-state index contributed by atoms with van der Waals surface area (Å²) < 4.78 is 5.43. The average molecular weight is 365 g/mol. The number of hydrogen-bond acceptors (Lipinski definition) is 4. The molecule has 1 aliphatic rings. The standard InChI is InChI=1S/C21H36N2O3/c1-3-4-5-6-7-8-9-10-11-12-13-14-16-23-18-15-17-26-20(18)22(2)19(23)21(24)25/h15,17,19H,3-14,16H2,1-2H3,(H,24,25). The van der Waals surface area contributed by atoms with Gasteiger partial charge < -0.3 is 19.3 Å². The van der Waals surface area contributed by atoms with Crippen molar-refractivity contribution in [1.82, 2.24) is 0 Å². The van der Waals surface area contributed by atoms with Crippen LogP contribution in [0, 0.1) is 0 Å². The lowest BCUT2D eigenvalue weighted by molar-refractivity contribution is -0.138. The van der Waals surface area contributed by atoms with Gasteiger partial charge in [0, 0.05) is 19.7 Å². The molecule has 26 heavy (non-hydrogen) atoms. The number of furan rings is 1. The first kappa shape index (κ1) is 20.7. The molecule has 1 unspecified atom stereocenters. The van der Waals surface area contributed by atoms with E-state index >= 15 is 0 Å². The molecular weight excluding hydrogens is 328 g/mol. The van der Waals surface area contributed by atoms with Gasteiger partial charge in [-0.1, -0.05) is 77.6 Å². The molecule has 1 aromatic heterocycles. The van der Waals surface area contributed by atoms with Gasteiger partial charge in [-0.2, -0.15) is 0 Å². The summed E-state index contributed by atoms with van der Waals surface area (Å²) in [6.07, 6.45) is 16.7. The summed E-state index contributed by atoms with van der Waals surface area (Å²) >= 11 is 0. The number of hydrogen-bond donors (Lipinski definition) is 1. The number of carboxylic acid groups (broad SMARTS) is 1. The van der Waals surface area contributed by atoms with Crippen LogP contribution in [0.15, 0.2) is 16.7 Å². The summed E-state index contributed by atoms with van der Waals surface area (Å²) in [5, 5.41) is 9.51. The summed E-state index contributed by atoms with van der Waals surface area (Å²) in [5.41, 5.74) is 0.906. The SMILES string of the molecule is CCCCCCCCCCCCCCN1c2ccoc2N(C)C1C(=O)O. The van der Waals surface area contributed by atoms with Crippen molar-refractivity contribution in [1.29, 1.82) is 0 Å². The minimum Gasteiger partial charge on any atom is -0.478 e. The van der Waals surface area contributed by atoms with Crippen molar-refractivity contribution in [3.05, 3.63) is 12.3 Å². The monoisotopic (exact) mass is 364 g/mol. The second kappa shape index (κ2) is 11.1. The highest BCUT2D eigenvalue weighted by atomic mass is 16.4. The molecule has 0 bridgehead atoms. The van der Waals surface area contributed by atoms with Crippen molar-refractivity contribution < 1.29 is 14.3 Å². The second-order valence-corrected chi connectivity index (χ2v) is 7.52. The van der Waals surface area contributed by atoms with E-state index in [-0.39, 0.29) is 0 Å². The molecule has 148 valence electrons. The summed E-state index contributed by atoms with van der Waals surface area (Å²) in [6, 6.07) is 1.87. The molecule has 0 radical (unpaired) electrons. The van der Waals surface area contributed by atoms with Gasteiger partial charge in [0.1, 0.15) is 5.69 Å². The number of fused-ring (bicyclic) bond motifs is 1. The maximum absolute atomic E-state index is 11.6. The summed E-state index contributed by atoms with van der Waals surface area (Å²) in [7, 11) is 1.78. The van der Waals surface area contributed by atoms with Crippen LogP contribution in [0.25, 0.3) is 0 Å². The molecule has 0 fully saturated rings. The molecule has 2 rings (SSSR count). The van der Waals surface area contributed by atoms with Gasteiger partial charge in [-0.05, 0) is 6.42 Å². The first-order chi connectivity index (χ1) is 12.7. The Morgan fingerprint density at radius 2 is 1.54 bits per heavy atom. The number of aliphatic carboxylic acids is 1. The molecule has 2 heterocycles. The molecule has 1 atom stereocenters. The van der Waals surface area contributed by atoms with Crippen molar-refractivity contribution in [2.75, 3.05) is 23.4 Å². The molecule has 1 aliphatic heterocycles. The van der Waals surface area contributed by atoms with Gasteiger partial charge >= 0.3 is 5.97 Å². The molecule has 1 N–H and O–H groups in total. The fourth-order valence-corrected chi connectivity index (χ4v) is 3.89. The maximum Gasteiger partial charge on any atom is 0.347 e.